The second-order valence-corrected chi connectivity index (χ2v) is 5.69. The molecule has 0 heterocycles. The number of nitrogens with two attached hydrogens (primary N) is 1. The van der Waals surface area contributed by atoms with Gasteiger partial charge >= 0.3 is 0 Å². The van der Waals surface area contributed by atoms with Crippen LogP contribution in [-0.2, 0) is 0 Å². The van der Waals surface area contributed by atoms with Gasteiger partial charge in [0.1, 0.15) is 0 Å². The topological polar surface area (TPSA) is 46.3 Å². The fourth-order valence-corrected chi connectivity index (χ4v) is 2.44. The Morgan fingerprint density at radius 2 is 1.74 bits per heavy atom. The van der Waals surface area contributed by atoms with E-state index in [-0.39, 0.29) is 5.91 Å². The molecule has 0 fully saturated rings. The minimum Gasteiger partial charge on any atom is -0.399 e. The van der Waals surface area contributed by atoms with Crippen LogP contribution in [0.1, 0.15) is 49.9 Å². The second kappa shape index (κ2) is 8.20. The molecule has 2 N–H and O–H groups in total. The Morgan fingerprint density at radius 3 is 2.21 bits per heavy atom. The van der Waals surface area contributed by atoms with Crippen LogP contribution in [0.25, 0.3) is 0 Å². The number of nitrogen functional groups attached to an aromatic ring is 1. The van der Waals surface area contributed by atoms with Gasteiger partial charge in [-0.1, -0.05) is 42.6 Å². The number of nitrogens with zero attached hydrogens (tertiary/aromatic N) is 1. The van der Waals surface area contributed by atoms with E-state index in [1.54, 1.807) is 12.1 Å². The first-order valence-corrected chi connectivity index (χ1v) is 7.73. The molecular weight excluding hydrogens is 304 g/mol. The third-order valence-corrected chi connectivity index (χ3v) is 3.48. The van der Waals surface area contributed by atoms with E-state index in [4.69, 9.17) is 5.73 Å². The molecule has 0 spiro atoms. The summed E-state index contributed by atoms with van der Waals surface area (Å²) < 4.78 is 0.849. The molecule has 1 rings (SSSR count). The first kappa shape index (κ1) is 16.0. The van der Waals surface area contributed by atoms with E-state index >= 15 is 0 Å². The van der Waals surface area contributed by atoms with Crippen molar-refractivity contribution in [2.75, 3.05) is 18.8 Å². The first-order chi connectivity index (χ1) is 9.08. The van der Waals surface area contributed by atoms with Crippen molar-refractivity contribution >= 4 is 27.5 Å². The van der Waals surface area contributed by atoms with Crippen molar-refractivity contribution in [3.05, 3.63) is 28.2 Å². The van der Waals surface area contributed by atoms with E-state index in [0.29, 0.717) is 11.3 Å². The Labute approximate surface area is 124 Å². The zero-order valence-corrected chi connectivity index (χ0v) is 13.4. The van der Waals surface area contributed by atoms with Crippen molar-refractivity contribution in [1.82, 2.24) is 4.90 Å². The van der Waals surface area contributed by atoms with Gasteiger partial charge in [-0.2, -0.15) is 0 Å². The standard InChI is InChI=1S/C15H23BrN2O/c1-3-5-7-18(8-6-4-2)15(19)12-9-13(16)11-14(17)10-12/h9-11H,3-8,17H2,1-2H3. The summed E-state index contributed by atoms with van der Waals surface area (Å²) in [5.74, 6) is 0.0786. The molecule has 1 aromatic rings. The fourth-order valence-electron chi connectivity index (χ4n) is 1.93. The molecular formula is C15H23BrN2O. The lowest BCUT2D eigenvalue weighted by molar-refractivity contribution is 0.0751. The van der Waals surface area contributed by atoms with Crippen molar-refractivity contribution in [1.29, 1.82) is 0 Å². The third kappa shape index (κ3) is 5.23. The Kier molecular flexibility index (Phi) is 6.92. The zero-order valence-electron chi connectivity index (χ0n) is 11.8. The Hall–Kier alpha value is -1.03. The molecule has 0 aliphatic carbocycles. The van der Waals surface area contributed by atoms with Crippen LogP contribution in [0.5, 0.6) is 0 Å². The summed E-state index contributed by atoms with van der Waals surface area (Å²) in [4.78, 5) is 14.4. The molecule has 0 atom stereocenters. The SMILES string of the molecule is CCCCN(CCCC)C(=O)c1cc(N)cc(Br)c1. The molecule has 4 heteroatoms. The zero-order chi connectivity index (χ0) is 14.3. The number of unbranched alkanes of at least 4 members (excludes halogenated alkanes) is 2. The van der Waals surface area contributed by atoms with Gasteiger partial charge in [-0.05, 0) is 31.0 Å². The van der Waals surface area contributed by atoms with Crippen molar-refractivity contribution < 1.29 is 4.79 Å². The predicted molar refractivity (Wildman–Crippen MR) is 84.3 cm³/mol. The first-order valence-electron chi connectivity index (χ1n) is 6.93. The lowest BCUT2D eigenvalue weighted by Gasteiger charge is -2.22. The summed E-state index contributed by atoms with van der Waals surface area (Å²) >= 11 is 3.38. The Bertz CT molecular complexity index is 392. The van der Waals surface area contributed by atoms with Gasteiger partial charge in [0.25, 0.3) is 5.91 Å². The van der Waals surface area contributed by atoms with Crippen LogP contribution in [0.3, 0.4) is 0 Å². The van der Waals surface area contributed by atoms with Crippen molar-refractivity contribution in [2.45, 2.75) is 39.5 Å². The van der Waals surface area contributed by atoms with Gasteiger partial charge in [0, 0.05) is 28.8 Å². The van der Waals surface area contributed by atoms with E-state index in [2.05, 4.69) is 29.8 Å². The van der Waals surface area contributed by atoms with Gasteiger partial charge in [0.15, 0.2) is 0 Å². The maximum absolute atomic E-state index is 12.5. The Balaban J connectivity index is 2.84. The van der Waals surface area contributed by atoms with Crippen LogP contribution in [0, 0.1) is 0 Å². The smallest absolute Gasteiger partial charge is 0.253 e. The van der Waals surface area contributed by atoms with Gasteiger partial charge in [-0.3, -0.25) is 4.79 Å². The average molecular weight is 327 g/mol. The second-order valence-electron chi connectivity index (χ2n) is 4.77. The molecule has 0 saturated carbocycles. The number of benzene rings is 1. The molecule has 0 radical (unpaired) electrons. The number of amides is 1. The van der Waals surface area contributed by atoms with Crippen LogP contribution in [-0.4, -0.2) is 23.9 Å². The van der Waals surface area contributed by atoms with Gasteiger partial charge < -0.3 is 10.6 Å². The van der Waals surface area contributed by atoms with Gasteiger partial charge in [0.05, 0.1) is 0 Å². The molecule has 0 aliphatic heterocycles. The van der Waals surface area contributed by atoms with Gasteiger partial charge in [-0.15, -0.1) is 0 Å². The van der Waals surface area contributed by atoms with E-state index in [1.165, 1.54) is 0 Å². The van der Waals surface area contributed by atoms with Crippen LogP contribution in [0.2, 0.25) is 0 Å². The normalized spacial score (nSPS) is 10.5. The largest absolute Gasteiger partial charge is 0.399 e. The third-order valence-electron chi connectivity index (χ3n) is 3.02. The summed E-state index contributed by atoms with van der Waals surface area (Å²) in [7, 11) is 0. The number of hydrogen-bond acceptors (Lipinski definition) is 2. The minimum atomic E-state index is 0.0786. The van der Waals surface area contributed by atoms with Gasteiger partial charge in [-0.25, -0.2) is 0 Å². The summed E-state index contributed by atoms with van der Waals surface area (Å²) in [5.41, 5.74) is 7.08. The summed E-state index contributed by atoms with van der Waals surface area (Å²) in [6, 6.07) is 5.39. The molecule has 19 heavy (non-hydrogen) atoms. The lowest BCUT2D eigenvalue weighted by Crippen LogP contribution is -2.33. The molecule has 3 nitrogen and oxygen atoms in total. The molecule has 1 aromatic carbocycles. The fraction of sp³-hybridized carbons (Fsp3) is 0.533. The van der Waals surface area contributed by atoms with E-state index in [1.807, 2.05) is 11.0 Å². The number of hydrogen-bond donors (Lipinski definition) is 1. The average Bonchev–Trinajstić information content (AvgIpc) is 2.37. The molecule has 106 valence electrons. The van der Waals surface area contributed by atoms with Crippen molar-refractivity contribution in [2.24, 2.45) is 0 Å². The van der Waals surface area contributed by atoms with Crippen molar-refractivity contribution in [3.8, 4) is 0 Å². The molecule has 1 amide bonds. The monoisotopic (exact) mass is 326 g/mol. The highest BCUT2D eigenvalue weighted by Crippen LogP contribution is 2.19. The number of carbonyl (C=O) groups excluding carboxylic acids is 1. The number of rotatable bonds is 7. The highest BCUT2D eigenvalue weighted by atomic mass is 79.9. The van der Waals surface area contributed by atoms with Crippen molar-refractivity contribution in [3.63, 3.8) is 0 Å². The van der Waals surface area contributed by atoms with Crippen LogP contribution >= 0.6 is 15.9 Å². The highest BCUT2D eigenvalue weighted by molar-refractivity contribution is 9.10. The van der Waals surface area contributed by atoms with Crippen LogP contribution in [0.4, 0.5) is 5.69 Å². The molecule has 0 unspecified atom stereocenters. The van der Waals surface area contributed by atoms with Crippen LogP contribution in [0.15, 0.2) is 22.7 Å². The minimum absolute atomic E-state index is 0.0786. The van der Waals surface area contributed by atoms with Crippen LogP contribution < -0.4 is 5.73 Å². The molecule has 0 aromatic heterocycles. The number of carbonyl (C=O) groups is 1. The van der Waals surface area contributed by atoms with E-state index in [9.17, 15) is 4.79 Å². The maximum atomic E-state index is 12.5. The lowest BCUT2D eigenvalue weighted by atomic mass is 10.1. The highest BCUT2D eigenvalue weighted by Gasteiger charge is 2.15. The molecule has 0 saturated heterocycles. The van der Waals surface area contributed by atoms with Gasteiger partial charge in [0.2, 0.25) is 0 Å². The molecule has 0 aliphatic rings. The summed E-state index contributed by atoms with van der Waals surface area (Å²) in [6.45, 7) is 5.92. The number of halogens is 1. The summed E-state index contributed by atoms with van der Waals surface area (Å²) in [6.07, 6.45) is 4.27. The summed E-state index contributed by atoms with van der Waals surface area (Å²) in [5, 5.41) is 0. The maximum Gasteiger partial charge on any atom is 0.253 e. The quantitative estimate of drug-likeness (QED) is 0.767. The molecule has 0 bridgehead atoms. The Morgan fingerprint density at radius 1 is 1.16 bits per heavy atom. The van der Waals surface area contributed by atoms with E-state index < -0.39 is 0 Å². The predicted octanol–water partition coefficient (Wildman–Crippen LogP) is 4.07. The number of anilines is 1. The van der Waals surface area contributed by atoms with E-state index in [0.717, 1.165) is 43.2 Å².